The summed E-state index contributed by atoms with van der Waals surface area (Å²) in [6.07, 6.45) is 1.12. The van der Waals surface area contributed by atoms with Gasteiger partial charge in [0.2, 0.25) is 0 Å². The van der Waals surface area contributed by atoms with E-state index in [0.29, 0.717) is 5.92 Å². The highest BCUT2D eigenvalue weighted by Crippen LogP contribution is 2.28. The third kappa shape index (κ3) is 2.19. The van der Waals surface area contributed by atoms with Crippen LogP contribution >= 0.6 is 0 Å². The summed E-state index contributed by atoms with van der Waals surface area (Å²) in [5, 5.41) is 12.6. The fourth-order valence-corrected chi connectivity index (χ4v) is 2.28. The Bertz CT molecular complexity index is 372. The summed E-state index contributed by atoms with van der Waals surface area (Å²) in [6, 6.07) is 10.8. The second kappa shape index (κ2) is 4.46. The molecule has 0 aliphatic carbocycles. The Labute approximate surface area is 90.9 Å². The highest BCUT2D eigenvalue weighted by atomic mass is 14.9. The summed E-state index contributed by atoms with van der Waals surface area (Å²) in [5.41, 5.74) is 2.41. The molecule has 1 aromatic carbocycles. The normalized spacial score (nSPS) is 22.3. The largest absolute Gasteiger partial charge is 0.316 e. The van der Waals surface area contributed by atoms with Crippen molar-refractivity contribution < 1.29 is 0 Å². The molecule has 0 bridgehead atoms. The van der Waals surface area contributed by atoms with E-state index >= 15 is 0 Å². The van der Waals surface area contributed by atoms with Crippen molar-refractivity contribution in [1.29, 1.82) is 5.26 Å². The maximum absolute atomic E-state index is 9.25. The van der Waals surface area contributed by atoms with Crippen molar-refractivity contribution in [3.63, 3.8) is 0 Å². The Hall–Kier alpha value is -1.33. The number of hydrogen-bond donors (Lipinski definition) is 1. The van der Waals surface area contributed by atoms with Gasteiger partial charge in [-0.15, -0.1) is 0 Å². The minimum absolute atomic E-state index is 0.0555. The number of aryl methyl sites for hydroxylation is 1. The van der Waals surface area contributed by atoms with Crippen molar-refractivity contribution in [3.05, 3.63) is 35.4 Å². The number of nitrogens with one attached hydrogen (secondary N) is 1. The molecular formula is C13H16N2. The zero-order valence-electron chi connectivity index (χ0n) is 9.03. The standard InChI is InChI=1S/C13H16N2/c1-10-3-2-4-11(7-10)13(8-14)12-5-6-15-9-12/h2-4,7,12-13,15H,5-6,9H2,1H3. The van der Waals surface area contributed by atoms with Gasteiger partial charge in [0.1, 0.15) is 0 Å². The second-order valence-corrected chi connectivity index (χ2v) is 4.27. The van der Waals surface area contributed by atoms with E-state index in [-0.39, 0.29) is 5.92 Å². The van der Waals surface area contributed by atoms with Crippen LogP contribution in [0.5, 0.6) is 0 Å². The maximum atomic E-state index is 9.25. The molecule has 0 amide bonds. The minimum Gasteiger partial charge on any atom is -0.316 e. The van der Waals surface area contributed by atoms with Gasteiger partial charge in [0.25, 0.3) is 0 Å². The quantitative estimate of drug-likeness (QED) is 0.794. The minimum atomic E-state index is 0.0555. The lowest BCUT2D eigenvalue weighted by Crippen LogP contribution is -2.15. The van der Waals surface area contributed by atoms with E-state index in [0.717, 1.165) is 19.5 Å². The predicted octanol–water partition coefficient (Wildman–Crippen LogP) is 2.21. The molecule has 1 heterocycles. The Kier molecular flexibility index (Phi) is 3.03. The van der Waals surface area contributed by atoms with Crippen molar-refractivity contribution in [2.45, 2.75) is 19.3 Å². The first-order valence-electron chi connectivity index (χ1n) is 5.48. The van der Waals surface area contributed by atoms with E-state index < -0.39 is 0 Å². The molecule has 78 valence electrons. The molecule has 1 N–H and O–H groups in total. The molecule has 2 heteroatoms. The van der Waals surface area contributed by atoms with Crippen molar-refractivity contribution in [1.82, 2.24) is 5.32 Å². The van der Waals surface area contributed by atoms with Crippen LogP contribution in [0.2, 0.25) is 0 Å². The van der Waals surface area contributed by atoms with Gasteiger partial charge in [-0.05, 0) is 37.9 Å². The van der Waals surface area contributed by atoms with Gasteiger partial charge in [0.05, 0.1) is 12.0 Å². The molecule has 1 aliphatic rings. The van der Waals surface area contributed by atoms with Crippen molar-refractivity contribution in [2.75, 3.05) is 13.1 Å². The monoisotopic (exact) mass is 200 g/mol. The Morgan fingerprint density at radius 3 is 3.00 bits per heavy atom. The first-order chi connectivity index (χ1) is 7.31. The first-order valence-corrected chi connectivity index (χ1v) is 5.48. The number of hydrogen-bond acceptors (Lipinski definition) is 2. The number of nitriles is 1. The third-order valence-electron chi connectivity index (χ3n) is 3.11. The summed E-state index contributed by atoms with van der Waals surface area (Å²) in [5.74, 6) is 0.539. The molecule has 0 saturated carbocycles. The number of rotatable bonds is 2. The smallest absolute Gasteiger partial charge is 0.0753 e. The fourth-order valence-electron chi connectivity index (χ4n) is 2.28. The van der Waals surface area contributed by atoms with E-state index in [2.05, 4.69) is 36.5 Å². The van der Waals surface area contributed by atoms with Crippen LogP contribution in [0.15, 0.2) is 24.3 Å². The fraction of sp³-hybridized carbons (Fsp3) is 0.462. The lowest BCUT2D eigenvalue weighted by atomic mass is 9.86. The van der Waals surface area contributed by atoms with Crippen molar-refractivity contribution >= 4 is 0 Å². The first kappa shape index (κ1) is 10.2. The van der Waals surface area contributed by atoms with Gasteiger partial charge in [0.15, 0.2) is 0 Å². The topological polar surface area (TPSA) is 35.8 Å². The van der Waals surface area contributed by atoms with Crippen LogP contribution in [0, 0.1) is 24.2 Å². The van der Waals surface area contributed by atoms with Crippen molar-refractivity contribution in [2.24, 2.45) is 5.92 Å². The summed E-state index contributed by atoms with van der Waals surface area (Å²) in [6.45, 7) is 4.10. The Morgan fingerprint density at radius 2 is 2.40 bits per heavy atom. The van der Waals surface area contributed by atoms with E-state index in [1.165, 1.54) is 11.1 Å². The lowest BCUT2D eigenvalue weighted by Gasteiger charge is -2.16. The Morgan fingerprint density at radius 1 is 1.53 bits per heavy atom. The van der Waals surface area contributed by atoms with Crippen LogP contribution in [0.1, 0.15) is 23.5 Å². The van der Waals surface area contributed by atoms with Gasteiger partial charge in [-0.1, -0.05) is 29.8 Å². The van der Waals surface area contributed by atoms with Crippen LogP contribution in [-0.4, -0.2) is 13.1 Å². The molecular weight excluding hydrogens is 184 g/mol. The summed E-state index contributed by atoms with van der Waals surface area (Å²) in [7, 11) is 0. The molecule has 2 unspecified atom stereocenters. The van der Waals surface area contributed by atoms with Crippen LogP contribution < -0.4 is 5.32 Å². The molecule has 2 atom stereocenters. The van der Waals surface area contributed by atoms with Crippen LogP contribution in [0.4, 0.5) is 0 Å². The molecule has 2 nitrogen and oxygen atoms in total. The average Bonchev–Trinajstić information content (AvgIpc) is 2.72. The lowest BCUT2D eigenvalue weighted by molar-refractivity contribution is 0.531. The van der Waals surface area contributed by atoms with Gasteiger partial charge >= 0.3 is 0 Å². The van der Waals surface area contributed by atoms with E-state index in [1.54, 1.807) is 0 Å². The van der Waals surface area contributed by atoms with Gasteiger partial charge in [-0.3, -0.25) is 0 Å². The highest BCUT2D eigenvalue weighted by Gasteiger charge is 2.25. The number of benzene rings is 1. The molecule has 1 saturated heterocycles. The van der Waals surface area contributed by atoms with E-state index in [4.69, 9.17) is 0 Å². The van der Waals surface area contributed by atoms with Gasteiger partial charge in [-0.25, -0.2) is 0 Å². The molecule has 0 aromatic heterocycles. The molecule has 1 fully saturated rings. The molecule has 15 heavy (non-hydrogen) atoms. The molecule has 2 rings (SSSR count). The molecule has 0 spiro atoms. The zero-order chi connectivity index (χ0) is 10.7. The maximum Gasteiger partial charge on any atom is 0.0753 e. The zero-order valence-corrected chi connectivity index (χ0v) is 9.03. The van der Waals surface area contributed by atoms with Crippen molar-refractivity contribution in [3.8, 4) is 6.07 Å². The van der Waals surface area contributed by atoms with Crippen LogP contribution in [-0.2, 0) is 0 Å². The van der Waals surface area contributed by atoms with Gasteiger partial charge in [-0.2, -0.15) is 5.26 Å². The SMILES string of the molecule is Cc1cccc(C(C#N)C2CCNC2)c1. The van der Waals surface area contributed by atoms with E-state index in [1.807, 2.05) is 6.07 Å². The van der Waals surface area contributed by atoms with Crippen LogP contribution in [0.3, 0.4) is 0 Å². The molecule has 1 aromatic rings. The highest BCUT2D eigenvalue weighted by molar-refractivity contribution is 5.30. The molecule has 1 aliphatic heterocycles. The third-order valence-corrected chi connectivity index (χ3v) is 3.11. The Balaban J connectivity index is 2.23. The van der Waals surface area contributed by atoms with E-state index in [9.17, 15) is 5.26 Å². The average molecular weight is 200 g/mol. The summed E-state index contributed by atoms with van der Waals surface area (Å²) in [4.78, 5) is 0. The summed E-state index contributed by atoms with van der Waals surface area (Å²) >= 11 is 0. The van der Waals surface area contributed by atoms with Gasteiger partial charge < -0.3 is 5.32 Å². The van der Waals surface area contributed by atoms with Gasteiger partial charge in [0, 0.05) is 0 Å². The predicted molar refractivity (Wildman–Crippen MR) is 60.5 cm³/mol. The molecule has 0 radical (unpaired) electrons. The second-order valence-electron chi connectivity index (χ2n) is 4.27. The number of nitrogens with zero attached hydrogens (tertiary/aromatic N) is 1. The summed E-state index contributed by atoms with van der Waals surface area (Å²) < 4.78 is 0. The van der Waals surface area contributed by atoms with Crippen LogP contribution in [0.25, 0.3) is 0 Å².